The highest BCUT2D eigenvalue weighted by Crippen LogP contribution is 2.32. The van der Waals surface area contributed by atoms with E-state index in [1.807, 2.05) is 29.8 Å². The standard InChI is InChI=1S/C14H12N2O2S/c1-17-12-6-10-2-3-15-8-11(10)7-13(12)18-9-14-16-4-5-19-14/h2-8H,9H2,1H3. The van der Waals surface area contributed by atoms with Gasteiger partial charge in [-0.3, -0.25) is 4.98 Å². The summed E-state index contributed by atoms with van der Waals surface area (Å²) >= 11 is 1.57. The average Bonchev–Trinajstić information content (AvgIpc) is 2.97. The van der Waals surface area contributed by atoms with Crippen LogP contribution in [0.15, 0.2) is 42.2 Å². The van der Waals surface area contributed by atoms with Crippen molar-refractivity contribution in [1.82, 2.24) is 9.97 Å². The minimum atomic E-state index is 0.444. The maximum atomic E-state index is 5.78. The number of aromatic nitrogens is 2. The van der Waals surface area contributed by atoms with E-state index in [1.165, 1.54) is 0 Å². The Kier molecular flexibility index (Phi) is 3.29. The van der Waals surface area contributed by atoms with Crippen molar-refractivity contribution in [3.05, 3.63) is 47.2 Å². The lowest BCUT2D eigenvalue weighted by Crippen LogP contribution is -1.97. The van der Waals surface area contributed by atoms with Gasteiger partial charge in [0.05, 0.1) is 7.11 Å². The molecule has 2 heterocycles. The highest BCUT2D eigenvalue weighted by molar-refractivity contribution is 7.09. The topological polar surface area (TPSA) is 44.2 Å². The molecule has 0 saturated carbocycles. The number of pyridine rings is 1. The number of hydrogen-bond donors (Lipinski definition) is 0. The zero-order valence-electron chi connectivity index (χ0n) is 10.4. The lowest BCUT2D eigenvalue weighted by Gasteiger charge is -2.11. The predicted molar refractivity (Wildman–Crippen MR) is 74.7 cm³/mol. The molecule has 0 aliphatic heterocycles. The fourth-order valence-electron chi connectivity index (χ4n) is 1.83. The second-order valence-electron chi connectivity index (χ2n) is 3.94. The third-order valence-electron chi connectivity index (χ3n) is 2.76. The van der Waals surface area contributed by atoms with E-state index >= 15 is 0 Å². The summed E-state index contributed by atoms with van der Waals surface area (Å²) in [6.07, 6.45) is 5.34. The number of methoxy groups -OCH3 is 1. The largest absolute Gasteiger partial charge is 0.493 e. The minimum absolute atomic E-state index is 0.444. The quantitative estimate of drug-likeness (QED) is 0.731. The van der Waals surface area contributed by atoms with Gasteiger partial charge in [-0.2, -0.15) is 0 Å². The molecule has 96 valence electrons. The van der Waals surface area contributed by atoms with E-state index in [9.17, 15) is 0 Å². The van der Waals surface area contributed by atoms with E-state index < -0.39 is 0 Å². The molecule has 0 amide bonds. The summed E-state index contributed by atoms with van der Waals surface area (Å²) < 4.78 is 11.1. The van der Waals surface area contributed by atoms with Crippen LogP contribution in [0.4, 0.5) is 0 Å². The normalized spacial score (nSPS) is 10.6. The molecule has 0 atom stereocenters. The number of benzene rings is 1. The monoisotopic (exact) mass is 272 g/mol. The molecule has 3 aromatic rings. The smallest absolute Gasteiger partial charge is 0.162 e. The van der Waals surface area contributed by atoms with Crippen molar-refractivity contribution < 1.29 is 9.47 Å². The van der Waals surface area contributed by atoms with Crippen molar-refractivity contribution in [2.75, 3.05) is 7.11 Å². The highest BCUT2D eigenvalue weighted by atomic mass is 32.1. The Morgan fingerprint density at radius 2 is 2.05 bits per heavy atom. The molecule has 3 rings (SSSR count). The molecule has 0 spiro atoms. The summed E-state index contributed by atoms with van der Waals surface area (Å²) in [4.78, 5) is 8.30. The lowest BCUT2D eigenvalue weighted by atomic mass is 10.1. The van der Waals surface area contributed by atoms with Crippen molar-refractivity contribution in [2.24, 2.45) is 0 Å². The number of fused-ring (bicyclic) bond motifs is 1. The molecular formula is C14H12N2O2S. The molecule has 0 N–H and O–H groups in total. The Morgan fingerprint density at radius 3 is 2.84 bits per heavy atom. The number of ether oxygens (including phenoxy) is 2. The van der Waals surface area contributed by atoms with E-state index in [0.717, 1.165) is 21.5 Å². The van der Waals surface area contributed by atoms with Gasteiger partial charge >= 0.3 is 0 Å². The van der Waals surface area contributed by atoms with Crippen LogP contribution in [-0.4, -0.2) is 17.1 Å². The van der Waals surface area contributed by atoms with Gasteiger partial charge in [0.1, 0.15) is 11.6 Å². The average molecular weight is 272 g/mol. The molecule has 0 unspecified atom stereocenters. The van der Waals surface area contributed by atoms with E-state index in [0.29, 0.717) is 12.4 Å². The Morgan fingerprint density at radius 1 is 1.16 bits per heavy atom. The number of hydrogen-bond acceptors (Lipinski definition) is 5. The molecule has 2 aromatic heterocycles. The van der Waals surface area contributed by atoms with Gasteiger partial charge in [0.15, 0.2) is 11.5 Å². The third kappa shape index (κ3) is 2.51. The van der Waals surface area contributed by atoms with Crippen molar-refractivity contribution >= 4 is 22.1 Å². The summed E-state index contributed by atoms with van der Waals surface area (Å²) in [5.41, 5.74) is 0. The van der Waals surface area contributed by atoms with Crippen LogP contribution >= 0.6 is 11.3 Å². The van der Waals surface area contributed by atoms with Crippen molar-refractivity contribution in [3.8, 4) is 11.5 Å². The molecule has 0 aliphatic rings. The molecular weight excluding hydrogens is 260 g/mol. The van der Waals surface area contributed by atoms with Gasteiger partial charge in [0, 0.05) is 29.4 Å². The molecule has 1 aromatic carbocycles. The first-order valence-electron chi connectivity index (χ1n) is 5.80. The minimum Gasteiger partial charge on any atom is -0.493 e. The fraction of sp³-hybridized carbons (Fsp3) is 0.143. The number of nitrogens with zero attached hydrogens (tertiary/aromatic N) is 2. The fourth-order valence-corrected chi connectivity index (χ4v) is 2.36. The molecule has 0 fully saturated rings. The van der Waals surface area contributed by atoms with E-state index in [1.54, 1.807) is 30.8 Å². The highest BCUT2D eigenvalue weighted by Gasteiger charge is 2.08. The van der Waals surface area contributed by atoms with Crippen molar-refractivity contribution in [2.45, 2.75) is 6.61 Å². The molecule has 0 radical (unpaired) electrons. The van der Waals surface area contributed by atoms with Crippen LogP contribution in [0, 0.1) is 0 Å². The summed E-state index contributed by atoms with van der Waals surface area (Å²) in [6, 6.07) is 5.84. The number of rotatable bonds is 4. The Hall–Kier alpha value is -2.14. The maximum Gasteiger partial charge on any atom is 0.162 e. The van der Waals surface area contributed by atoms with E-state index in [-0.39, 0.29) is 0 Å². The zero-order valence-corrected chi connectivity index (χ0v) is 11.2. The Bertz CT molecular complexity index is 683. The summed E-state index contributed by atoms with van der Waals surface area (Å²) in [5, 5.41) is 4.97. The van der Waals surface area contributed by atoms with Gasteiger partial charge in [-0.25, -0.2) is 4.98 Å². The van der Waals surface area contributed by atoms with Crippen LogP contribution in [0.3, 0.4) is 0 Å². The van der Waals surface area contributed by atoms with Gasteiger partial charge < -0.3 is 9.47 Å². The predicted octanol–water partition coefficient (Wildman–Crippen LogP) is 3.28. The van der Waals surface area contributed by atoms with Crippen LogP contribution in [0.25, 0.3) is 10.8 Å². The second kappa shape index (κ2) is 5.24. The van der Waals surface area contributed by atoms with Crippen molar-refractivity contribution in [3.63, 3.8) is 0 Å². The lowest BCUT2D eigenvalue weighted by molar-refractivity contribution is 0.284. The second-order valence-corrected chi connectivity index (χ2v) is 4.92. The van der Waals surface area contributed by atoms with E-state index in [4.69, 9.17) is 9.47 Å². The van der Waals surface area contributed by atoms with E-state index in [2.05, 4.69) is 9.97 Å². The summed E-state index contributed by atoms with van der Waals surface area (Å²) in [7, 11) is 1.64. The molecule has 0 saturated heterocycles. The Balaban J connectivity index is 1.92. The van der Waals surface area contributed by atoms with Gasteiger partial charge in [0.2, 0.25) is 0 Å². The van der Waals surface area contributed by atoms with Crippen molar-refractivity contribution in [1.29, 1.82) is 0 Å². The van der Waals surface area contributed by atoms with Crippen LogP contribution in [0.5, 0.6) is 11.5 Å². The van der Waals surface area contributed by atoms with Crippen LogP contribution < -0.4 is 9.47 Å². The molecule has 4 nitrogen and oxygen atoms in total. The van der Waals surface area contributed by atoms with Gasteiger partial charge in [-0.05, 0) is 23.6 Å². The molecule has 0 aliphatic carbocycles. The van der Waals surface area contributed by atoms with Gasteiger partial charge in [0.25, 0.3) is 0 Å². The first kappa shape index (κ1) is 11.9. The molecule has 0 bridgehead atoms. The van der Waals surface area contributed by atoms with Crippen LogP contribution in [-0.2, 0) is 6.61 Å². The third-order valence-corrected chi connectivity index (χ3v) is 3.51. The van der Waals surface area contributed by atoms with Crippen LogP contribution in [0.1, 0.15) is 5.01 Å². The van der Waals surface area contributed by atoms with Crippen LogP contribution in [0.2, 0.25) is 0 Å². The first-order valence-corrected chi connectivity index (χ1v) is 6.68. The SMILES string of the molecule is COc1cc2ccncc2cc1OCc1nccs1. The number of thiazole rings is 1. The molecule has 5 heteroatoms. The zero-order chi connectivity index (χ0) is 13.1. The Labute approximate surface area is 114 Å². The molecule has 19 heavy (non-hydrogen) atoms. The summed E-state index contributed by atoms with van der Waals surface area (Å²) in [5.74, 6) is 1.42. The first-order chi connectivity index (χ1) is 9.36. The maximum absolute atomic E-state index is 5.78. The van der Waals surface area contributed by atoms with Gasteiger partial charge in [-0.1, -0.05) is 0 Å². The van der Waals surface area contributed by atoms with Gasteiger partial charge in [-0.15, -0.1) is 11.3 Å². The summed E-state index contributed by atoms with van der Waals surface area (Å²) in [6.45, 7) is 0.444.